The molecule has 150 valence electrons. The molecule has 0 spiro atoms. The number of unbranched alkanes of at least 4 members (excludes halogenated alkanes) is 13. The molecule has 25 heavy (non-hydrogen) atoms. The molecule has 0 rings (SSSR count). The molecular weight excluding hydrogens is 327 g/mol. The van der Waals surface area contributed by atoms with Crippen LogP contribution in [0.2, 0.25) is 0 Å². The van der Waals surface area contributed by atoms with Crippen LogP contribution in [0.3, 0.4) is 0 Å². The summed E-state index contributed by atoms with van der Waals surface area (Å²) in [5.74, 6) is -0.268. The van der Waals surface area contributed by atoms with E-state index in [4.69, 9.17) is 4.52 Å². The van der Waals surface area contributed by atoms with Crippen LogP contribution < -0.4 is 0 Å². The average molecular weight is 373 g/mol. The van der Waals surface area contributed by atoms with Gasteiger partial charge in [-0.05, 0) is 0 Å². The van der Waals surface area contributed by atoms with E-state index in [9.17, 15) is 4.79 Å². The fraction of sp³-hybridized carbons (Fsp3) is 0.864. The van der Waals surface area contributed by atoms with Crippen LogP contribution in [0, 0.1) is 0 Å². The third-order valence-electron chi connectivity index (χ3n) is 4.87. The van der Waals surface area contributed by atoms with Gasteiger partial charge in [0, 0.05) is 0 Å². The standard InChI is InChI=1S/C22H45O2P/c1-6-8-9-10-11-12-13-14-15-16-17-18-19-20-21-25(3,4,5)24-22(23)7-2/h7H,2,6,8-21H2,1,3-5H3. The van der Waals surface area contributed by atoms with E-state index in [1.54, 1.807) is 0 Å². The monoisotopic (exact) mass is 372 g/mol. The zero-order chi connectivity index (χ0) is 19.0. The Morgan fingerprint density at radius 3 is 1.48 bits per heavy atom. The third kappa shape index (κ3) is 16.8. The number of hydrogen-bond donors (Lipinski definition) is 0. The van der Waals surface area contributed by atoms with Crippen molar-refractivity contribution in [2.45, 2.75) is 96.8 Å². The van der Waals surface area contributed by atoms with E-state index in [0.29, 0.717) is 0 Å². The SMILES string of the molecule is C=CC(=O)OP(C)(C)(C)CCCCCCCCCCCCCCCC. The van der Waals surface area contributed by atoms with Crippen molar-refractivity contribution in [1.29, 1.82) is 0 Å². The summed E-state index contributed by atoms with van der Waals surface area (Å²) in [6, 6.07) is 0. The predicted molar refractivity (Wildman–Crippen MR) is 116 cm³/mol. The van der Waals surface area contributed by atoms with Crippen molar-refractivity contribution in [3.05, 3.63) is 12.7 Å². The van der Waals surface area contributed by atoms with Crippen LogP contribution in [-0.4, -0.2) is 32.1 Å². The molecule has 0 bridgehead atoms. The summed E-state index contributed by atoms with van der Waals surface area (Å²) in [6.07, 6.45) is 21.5. The number of rotatable bonds is 17. The fourth-order valence-corrected chi connectivity index (χ4v) is 5.40. The molecule has 0 aromatic rings. The van der Waals surface area contributed by atoms with Crippen molar-refractivity contribution in [2.24, 2.45) is 0 Å². The van der Waals surface area contributed by atoms with Crippen LogP contribution in [0.15, 0.2) is 12.7 Å². The molecule has 0 atom stereocenters. The molecule has 0 fully saturated rings. The van der Waals surface area contributed by atoms with Gasteiger partial charge in [-0.1, -0.05) is 26.2 Å². The minimum Gasteiger partial charge on any atom is -0.0654 e. The maximum atomic E-state index is 11.5. The fourth-order valence-electron chi connectivity index (χ4n) is 3.26. The van der Waals surface area contributed by atoms with Crippen LogP contribution in [0.25, 0.3) is 0 Å². The van der Waals surface area contributed by atoms with Gasteiger partial charge in [0.2, 0.25) is 0 Å². The molecule has 0 aliphatic heterocycles. The van der Waals surface area contributed by atoms with Gasteiger partial charge in [0.1, 0.15) is 0 Å². The topological polar surface area (TPSA) is 26.3 Å². The molecule has 0 aliphatic rings. The van der Waals surface area contributed by atoms with Crippen molar-refractivity contribution >= 4 is 12.8 Å². The third-order valence-corrected chi connectivity index (χ3v) is 7.57. The summed E-state index contributed by atoms with van der Waals surface area (Å²) in [5.41, 5.74) is 0. The summed E-state index contributed by atoms with van der Waals surface area (Å²) < 4.78 is 5.66. The summed E-state index contributed by atoms with van der Waals surface area (Å²) in [4.78, 5) is 11.5. The summed E-state index contributed by atoms with van der Waals surface area (Å²) in [5, 5.41) is 0. The van der Waals surface area contributed by atoms with Gasteiger partial charge in [-0.3, -0.25) is 0 Å². The van der Waals surface area contributed by atoms with E-state index in [-0.39, 0.29) is 5.97 Å². The second kappa shape index (κ2) is 13.8. The van der Waals surface area contributed by atoms with Crippen LogP contribution >= 0.6 is 6.83 Å². The second-order valence-corrected chi connectivity index (χ2v) is 15.5. The van der Waals surface area contributed by atoms with Crippen molar-refractivity contribution in [3.8, 4) is 0 Å². The Balaban J connectivity index is 3.44. The smallest absolute Gasteiger partial charge is 0.0654 e. The molecule has 0 unspecified atom stereocenters. The first-order valence-electron chi connectivity index (χ1n) is 10.7. The molecule has 0 aromatic carbocycles. The first-order valence-corrected chi connectivity index (χ1v) is 14.3. The molecule has 0 amide bonds. The Kier molecular flexibility index (Phi) is 13.6. The van der Waals surface area contributed by atoms with Crippen LogP contribution in [0.4, 0.5) is 0 Å². The summed E-state index contributed by atoms with van der Waals surface area (Å²) in [7, 11) is 0. The first kappa shape index (κ1) is 24.6. The van der Waals surface area contributed by atoms with Crippen molar-refractivity contribution < 1.29 is 9.32 Å². The Hall–Kier alpha value is -0.360. The number of carbonyl (C=O) groups excluding carboxylic acids is 1. The average Bonchev–Trinajstić information content (AvgIpc) is 2.54. The molecule has 0 aromatic heterocycles. The molecule has 0 aliphatic carbocycles. The zero-order valence-electron chi connectivity index (χ0n) is 17.7. The molecular formula is C22H45O2P. The van der Waals surface area contributed by atoms with Crippen molar-refractivity contribution in [1.82, 2.24) is 0 Å². The second-order valence-electron chi connectivity index (χ2n) is 8.90. The van der Waals surface area contributed by atoms with E-state index in [0.717, 1.165) is 6.16 Å². The maximum absolute atomic E-state index is 11.5. The van der Waals surface area contributed by atoms with Gasteiger partial charge < -0.3 is 0 Å². The Bertz CT molecular complexity index is 355. The van der Waals surface area contributed by atoms with Gasteiger partial charge in [-0.25, -0.2) is 0 Å². The van der Waals surface area contributed by atoms with Gasteiger partial charge in [0.15, 0.2) is 0 Å². The van der Waals surface area contributed by atoms with Gasteiger partial charge in [0.05, 0.1) is 0 Å². The van der Waals surface area contributed by atoms with Gasteiger partial charge in [0.25, 0.3) is 0 Å². The van der Waals surface area contributed by atoms with Gasteiger partial charge >= 0.3 is 132 Å². The quantitative estimate of drug-likeness (QED) is 0.150. The molecule has 2 nitrogen and oxygen atoms in total. The van der Waals surface area contributed by atoms with E-state index in [1.807, 2.05) is 0 Å². The minimum absolute atomic E-state index is 0.268. The molecule has 0 heterocycles. The number of carbonyl (C=O) groups is 1. The van der Waals surface area contributed by atoms with Crippen molar-refractivity contribution in [3.63, 3.8) is 0 Å². The van der Waals surface area contributed by atoms with Crippen LogP contribution in [0.1, 0.15) is 96.8 Å². The summed E-state index contributed by atoms with van der Waals surface area (Å²) in [6.45, 7) is 9.90. The van der Waals surface area contributed by atoms with E-state index in [2.05, 4.69) is 33.5 Å². The Morgan fingerprint density at radius 1 is 0.760 bits per heavy atom. The van der Waals surface area contributed by atoms with Crippen LogP contribution in [-0.2, 0) is 9.32 Å². The molecule has 0 saturated carbocycles. The van der Waals surface area contributed by atoms with Crippen molar-refractivity contribution in [2.75, 3.05) is 26.2 Å². The number of hydrogen-bond acceptors (Lipinski definition) is 2. The van der Waals surface area contributed by atoms with Gasteiger partial charge in [-0.2, -0.15) is 0 Å². The predicted octanol–water partition coefficient (Wildman–Crippen LogP) is 7.55. The van der Waals surface area contributed by atoms with E-state index in [1.165, 1.54) is 96.0 Å². The normalized spacial score (nSPS) is 13.2. The van der Waals surface area contributed by atoms with E-state index >= 15 is 0 Å². The zero-order valence-corrected chi connectivity index (χ0v) is 18.5. The molecule has 0 saturated heterocycles. The Morgan fingerprint density at radius 2 is 1.12 bits per heavy atom. The van der Waals surface area contributed by atoms with E-state index < -0.39 is 6.83 Å². The molecule has 0 radical (unpaired) electrons. The Labute approximate surface area is 158 Å². The molecule has 3 heteroatoms. The minimum atomic E-state index is -2.28. The van der Waals surface area contributed by atoms with Gasteiger partial charge in [-0.15, -0.1) is 0 Å². The first-order chi connectivity index (χ1) is 11.8. The summed E-state index contributed by atoms with van der Waals surface area (Å²) >= 11 is 0. The van der Waals surface area contributed by atoms with Crippen LogP contribution in [0.5, 0.6) is 0 Å². The molecule has 0 N–H and O–H groups in total.